The third kappa shape index (κ3) is 2.47. The van der Waals surface area contributed by atoms with E-state index in [0.29, 0.717) is 22.9 Å². The minimum atomic E-state index is -0.548. The highest BCUT2D eigenvalue weighted by atomic mass is 35.5. The van der Waals surface area contributed by atoms with Crippen molar-refractivity contribution in [1.82, 2.24) is 0 Å². The van der Waals surface area contributed by atoms with Gasteiger partial charge in [0.25, 0.3) is 0 Å². The second kappa shape index (κ2) is 5.35. The lowest BCUT2D eigenvalue weighted by Crippen LogP contribution is -2.19. The molecule has 0 fully saturated rings. The van der Waals surface area contributed by atoms with Crippen LogP contribution in [0.1, 0.15) is 29.8 Å². The minimum absolute atomic E-state index is 0.205. The molecule has 3 nitrogen and oxygen atoms in total. The molecule has 20 heavy (non-hydrogen) atoms. The molecule has 1 heterocycles. The number of benzene rings is 2. The Hall–Kier alpha value is -1.71. The molecule has 0 saturated carbocycles. The maximum Gasteiger partial charge on any atom is 0.129 e. The first-order valence-corrected chi connectivity index (χ1v) is 6.83. The van der Waals surface area contributed by atoms with E-state index in [1.54, 1.807) is 13.2 Å². The highest BCUT2D eigenvalue weighted by Crippen LogP contribution is 2.42. The van der Waals surface area contributed by atoms with Crippen LogP contribution < -0.4 is 9.47 Å². The van der Waals surface area contributed by atoms with Gasteiger partial charge in [0, 0.05) is 23.1 Å². The predicted octanol–water partition coefficient (Wildman–Crippen LogP) is 3.91. The van der Waals surface area contributed by atoms with Gasteiger partial charge in [0.15, 0.2) is 0 Å². The molecular weight excluding hydrogens is 276 g/mol. The number of rotatable bonds is 2. The van der Waals surface area contributed by atoms with Gasteiger partial charge in [-0.1, -0.05) is 23.7 Å². The zero-order chi connectivity index (χ0) is 14.1. The molecule has 4 heteroatoms. The summed E-state index contributed by atoms with van der Waals surface area (Å²) in [5, 5.41) is 10.9. The summed E-state index contributed by atoms with van der Waals surface area (Å²) in [4.78, 5) is 0. The Kier molecular flexibility index (Phi) is 3.55. The van der Waals surface area contributed by atoms with Crippen LogP contribution in [0.2, 0.25) is 5.02 Å². The van der Waals surface area contributed by atoms with Crippen molar-refractivity contribution < 1.29 is 14.6 Å². The zero-order valence-corrected chi connectivity index (χ0v) is 11.8. The summed E-state index contributed by atoms with van der Waals surface area (Å²) in [7, 11) is 1.61. The van der Waals surface area contributed by atoms with Gasteiger partial charge in [-0.25, -0.2) is 0 Å². The summed E-state index contributed by atoms with van der Waals surface area (Å²) < 4.78 is 11.2. The molecule has 0 amide bonds. The number of hydrogen-bond donors (Lipinski definition) is 1. The number of aliphatic hydroxyl groups excluding tert-OH is 1. The predicted molar refractivity (Wildman–Crippen MR) is 77.4 cm³/mol. The van der Waals surface area contributed by atoms with Gasteiger partial charge in [-0.05, 0) is 29.8 Å². The summed E-state index contributed by atoms with van der Waals surface area (Å²) in [5.41, 5.74) is 1.76. The number of halogens is 1. The van der Waals surface area contributed by atoms with Crippen molar-refractivity contribution in [3.8, 4) is 11.5 Å². The third-order valence-electron chi connectivity index (χ3n) is 3.51. The monoisotopic (exact) mass is 290 g/mol. The van der Waals surface area contributed by atoms with Crippen molar-refractivity contribution in [2.24, 2.45) is 0 Å². The molecule has 0 aliphatic carbocycles. The van der Waals surface area contributed by atoms with Gasteiger partial charge in [-0.3, -0.25) is 0 Å². The fourth-order valence-corrected chi connectivity index (χ4v) is 2.66. The fourth-order valence-electron chi connectivity index (χ4n) is 2.46. The van der Waals surface area contributed by atoms with Crippen molar-refractivity contribution in [2.75, 3.05) is 7.11 Å². The molecule has 104 valence electrons. The summed E-state index contributed by atoms with van der Waals surface area (Å²) in [5.74, 6) is 1.37. The molecule has 2 aromatic carbocycles. The van der Waals surface area contributed by atoms with Crippen LogP contribution in [0, 0.1) is 0 Å². The Balaban J connectivity index is 1.95. The first-order chi connectivity index (χ1) is 9.67. The number of ether oxygens (including phenoxy) is 2. The molecule has 2 aromatic rings. The average molecular weight is 291 g/mol. The molecule has 2 atom stereocenters. The van der Waals surface area contributed by atoms with E-state index >= 15 is 0 Å². The molecule has 1 unspecified atom stereocenters. The topological polar surface area (TPSA) is 38.7 Å². The first-order valence-electron chi connectivity index (χ1n) is 6.45. The third-order valence-corrected chi connectivity index (χ3v) is 3.74. The van der Waals surface area contributed by atoms with Gasteiger partial charge in [0.1, 0.15) is 17.6 Å². The first kappa shape index (κ1) is 13.3. The number of hydrogen-bond acceptors (Lipinski definition) is 3. The van der Waals surface area contributed by atoms with Crippen LogP contribution in [0.3, 0.4) is 0 Å². The van der Waals surface area contributed by atoms with E-state index in [1.165, 1.54) is 0 Å². The Labute approximate surface area is 122 Å². The van der Waals surface area contributed by atoms with Crippen LogP contribution in [0.4, 0.5) is 0 Å². The average Bonchev–Trinajstić information content (AvgIpc) is 2.46. The normalized spacial score (nSPS) is 20.9. The standard InChI is InChI=1S/C16H15ClO3/c1-19-12-5-6-13-14(18)9-15(20-16(13)8-12)10-3-2-4-11(17)7-10/h2-8,14-15,18H,9H2,1H3/t14-,15?/m0/s1. The maximum atomic E-state index is 10.3. The lowest BCUT2D eigenvalue weighted by Gasteiger charge is -2.30. The summed E-state index contributed by atoms with van der Waals surface area (Å²) >= 11 is 6.01. The molecule has 0 bridgehead atoms. The molecule has 1 aliphatic rings. The van der Waals surface area contributed by atoms with Crippen LogP contribution in [-0.4, -0.2) is 12.2 Å². The number of methoxy groups -OCH3 is 1. The smallest absolute Gasteiger partial charge is 0.129 e. The number of aliphatic hydroxyl groups is 1. The van der Waals surface area contributed by atoms with Gasteiger partial charge in [0.05, 0.1) is 13.2 Å². The molecule has 0 aromatic heterocycles. The van der Waals surface area contributed by atoms with Crippen molar-refractivity contribution >= 4 is 11.6 Å². The largest absolute Gasteiger partial charge is 0.497 e. The number of fused-ring (bicyclic) bond motifs is 1. The molecule has 1 N–H and O–H groups in total. The second-order valence-electron chi connectivity index (χ2n) is 4.82. The summed E-state index contributed by atoms with van der Waals surface area (Å²) in [6, 6.07) is 13.0. The van der Waals surface area contributed by atoms with E-state index in [9.17, 15) is 5.11 Å². The van der Waals surface area contributed by atoms with Gasteiger partial charge < -0.3 is 14.6 Å². The van der Waals surface area contributed by atoms with Crippen molar-refractivity contribution in [3.63, 3.8) is 0 Å². The minimum Gasteiger partial charge on any atom is -0.497 e. The lowest BCUT2D eigenvalue weighted by molar-refractivity contribution is 0.0655. The van der Waals surface area contributed by atoms with Gasteiger partial charge in [-0.2, -0.15) is 0 Å². The zero-order valence-electron chi connectivity index (χ0n) is 11.0. The quantitative estimate of drug-likeness (QED) is 0.911. The van der Waals surface area contributed by atoms with Crippen LogP contribution in [0.5, 0.6) is 11.5 Å². The van der Waals surface area contributed by atoms with Crippen LogP contribution >= 0.6 is 11.6 Å². The summed E-state index contributed by atoms with van der Waals surface area (Å²) in [6.45, 7) is 0. The van der Waals surface area contributed by atoms with Crippen molar-refractivity contribution in [3.05, 3.63) is 58.6 Å². The van der Waals surface area contributed by atoms with E-state index in [2.05, 4.69) is 0 Å². The van der Waals surface area contributed by atoms with Crippen molar-refractivity contribution in [1.29, 1.82) is 0 Å². The second-order valence-corrected chi connectivity index (χ2v) is 5.25. The van der Waals surface area contributed by atoms with Gasteiger partial charge in [0.2, 0.25) is 0 Å². The Morgan fingerprint density at radius 2 is 2.10 bits per heavy atom. The van der Waals surface area contributed by atoms with Gasteiger partial charge >= 0.3 is 0 Å². The van der Waals surface area contributed by atoms with E-state index in [1.807, 2.05) is 36.4 Å². The van der Waals surface area contributed by atoms with E-state index in [0.717, 1.165) is 11.1 Å². The Bertz CT molecular complexity index is 627. The Morgan fingerprint density at radius 1 is 1.25 bits per heavy atom. The van der Waals surface area contributed by atoms with E-state index in [-0.39, 0.29) is 6.10 Å². The van der Waals surface area contributed by atoms with Gasteiger partial charge in [-0.15, -0.1) is 0 Å². The van der Waals surface area contributed by atoms with Crippen LogP contribution in [-0.2, 0) is 0 Å². The highest BCUT2D eigenvalue weighted by molar-refractivity contribution is 6.30. The molecule has 0 spiro atoms. The van der Waals surface area contributed by atoms with E-state index in [4.69, 9.17) is 21.1 Å². The highest BCUT2D eigenvalue weighted by Gasteiger charge is 2.28. The molecule has 0 radical (unpaired) electrons. The maximum absolute atomic E-state index is 10.3. The van der Waals surface area contributed by atoms with Crippen LogP contribution in [0.15, 0.2) is 42.5 Å². The van der Waals surface area contributed by atoms with Crippen LogP contribution in [0.25, 0.3) is 0 Å². The SMILES string of the molecule is COc1ccc2c(c1)OC(c1cccc(Cl)c1)C[C@@H]2O. The molecular formula is C16H15ClO3. The fraction of sp³-hybridized carbons (Fsp3) is 0.250. The lowest BCUT2D eigenvalue weighted by atomic mass is 9.95. The van der Waals surface area contributed by atoms with E-state index < -0.39 is 6.10 Å². The Morgan fingerprint density at radius 3 is 2.85 bits per heavy atom. The summed E-state index contributed by atoms with van der Waals surface area (Å²) in [6.07, 6.45) is -0.239. The molecule has 3 rings (SSSR count). The molecule has 0 saturated heterocycles. The molecule has 1 aliphatic heterocycles. The van der Waals surface area contributed by atoms with Crippen molar-refractivity contribution in [2.45, 2.75) is 18.6 Å².